The Labute approximate surface area is 108 Å². The van der Waals surface area contributed by atoms with Crippen LogP contribution in [0.25, 0.3) is 0 Å². The molecule has 0 aliphatic carbocycles. The van der Waals surface area contributed by atoms with E-state index in [1.54, 1.807) is 23.5 Å². The third-order valence-electron chi connectivity index (χ3n) is 2.92. The van der Waals surface area contributed by atoms with Gasteiger partial charge in [-0.05, 0) is 18.6 Å². The van der Waals surface area contributed by atoms with Crippen LogP contribution in [0.5, 0.6) is 0 Å². The summed E-state index contributed by atoms with van der Waals surface area (Å²) in [5.74, 6) is 2.08. The van der Waals surface area contributed by atoms with Gasteiger partial charge < -0.3 is 5.32 Å². The number of benzene rings is 1. The molecule has 16 heavy (non-hydrogen) atoms. The summed E-state index contributed by atoms with van der Waals surface area (Å²) in [7, 11) is 0. The second-order valence-corrected chi connectivity index (χ2v) is 7.17. The first kappa shape index (κ1) is 10.8. The van der Waals surface area contributed by atoms with Crippen LogP contribution in [0.4, 0.5) is 5.69 Å². The normalized spacial score (nSPS) is 21.2. The fourth-order valence-corrected chi connectivity index (χ4v) is 5.72. The van der Waals surface area contributed by atoms with E-state index in [9.17, 15) is 4.79 Å². The summed E-state index contributed by atoms with van der Waals surface area (Å²) in [6.07, 6.45) is 0. The van der Waals surface area contributed by atoms with Crippen molar-refractivity contribution in [3.63, 3.8) is 0 Å². The maximum atomic E-state index is 12.1. The summed E-state index contributed by atoms with van der Waals surface area (Å²) in [5.41, 5.74) is 2.98. The molecule has 0 atom stereocenters. The van der Waals surface area contributed by atoms with E-state index in [0.29, 0.717) is 5.02 Å². The van der Waals surface area contributed by atoms with Crippen molar-refractivity contribution in [1.29, 1.82) is 0 Å². The molecule has 2 aliphatic heterocycles. The molecule has 0 bridgehead atoms. The number of nitrogens with one attached hydrogen (secondary N) is 1. The van der Waals surface area contributed by atoms with Gasteiger partial charge in [0.05, 0.1) is 5.69 Å². The Kier molecular flexibility index (Phi) is 2.42. The smallest absolute Gasteiger partial charge is 0.255 e. The maximum absolute atomic E-state index is 12.1. The van der Waals surface area contributed by atoms with E-state index in [1.807, 2.05) is 19.1 Å². The van der Waals surface area contributed by atoms with Gasteiger partial charge in [-0.2, -0.15) is 0 Å². The van der Waals surface area contributed by atoms with Crippen LogP contribution in [-0.4, -0.2) is 17.4 Å². The minimum atomic E-state index is -0.488. The largest absolute Gasteiger partial charge is 0.323 e. The molecule has 1 spiro atoms. The fourth-order valence-electron chi connectivity index (χ4n) is 2.16. The van der Waals surface area contributed by atoms with E-state index >= 15 is 0 Å². The van der Waals surface area contributed by atoms with Gasteiger partial charge in [0.2, 0.25) is 0 Å². The zero-order valence-corrected chi connectivity index (χ0v) is 11.1. The van der Waals surface area contributed by atoms with Crippen LogP contribution in [-0.2, 0) is 8.87 Å². The van der Waals surface area contributed by atoms with E-state index < -0.39 is 4.08 Å². The first-order valence-electron chi connectivity index (χ1n) is 5.04. The molecule has 5 heteroatoms. The van der Waals surface area contributed by atoms with Crippen LogP contribution in [0, 0.1) is 6.92 Å². The lowest BCUT2D eigenvalue weighted by Gasteiger charge is -2.19. The SMILES string of the molecule is Cc1ccc(Cl)c2c1NC(=O)C21SCCS1. The summed E-state index contributed by atoms with van der Waals surface area (Å²) in [5, 5.41) is 3.67. The summed E-state index contributed by atoms with van der Waals surface area (Å²) in [4.78, 5) is 12.1. The van der Waals surface area contributed by atoms with Crippen molar-refractivity contribution in [3.05, 3.63) is 28.3 Å². The molecule has 1 aromatic rings. The molecule has 1 saturated heterocycles. The fraction of sp³-hybridized carbons (Fsp3) is 0.364. The maximum Gasteiger partial charge on any atom is 0.255 e. The quantitative estimate of drug-likeness (QED) is 0.785. The van der Waals surface area contributed by atoms with Crippen LogP contribution >= 0.6 is 35.1 Å². The van der Waals surface area contributed by atoms with E-state index in [-0.39, 0.29) is 5.91 Å². The van der Waals surface area contributed by atoms with Gasteiger partial charge in [-0.1, -0.05) is 17.7 Å². The molecule has 0 radical (unpaired) electrons. The van der Waals surface area contributed by atoms with E-state index in [4.69, 9.17) is 11.6 Å². The Bertz CT molecular complexity index is 483. The van der Waals surface area contributed by atoms with Gasteiger partial charge in [-0.15, -0.1) is 23.5 Å². The van der Waals surface area contributed by atoms with Gasteiger partial charge in [0, 0.05) is 22.1 Å². The van der Waals surface area contributed by atoms with Gasteiger partial charge in [-0.25, -0.2) is 0 Å². The van der Waals surface area contributed by atoms with Crippen molar-refractivity contribution in [2.24, 2.45) is 0 Å². The molecule has 1 amide bonds. The molecular formula is C11H10ClNOS2. The molecule has 1 aromatic carbocycles. The molecule has 0 aromatic heterocycles. The zero-order valence-electron chi connectivity index (χ0n) is 8.67. The Morgan fingerprint density at radius 3 is 2.75 bits per heavy atom. The van der Waals surface area contributed by atoms with Gasteiger partial charge in [0.25, 0.3) is 5.91 Å². The number of thioether (sulfide) groups is 2. The first-order valence-corrected chi connectivity index (χ1v) is 7.39. The molecule has 1 fully saturated rings. The Morgan fingerprint density at radius 1 is 1.38 bits per heavy atom. The third kappa shape index (κ3) is 1.27. The predicted octanol–water partition coefficient (Wildman–Crippen LogP) is 3.23. The Morgan fingerprint density at radius 2 is 2.06 bits per heavy atom. The second kappa shape index (κ2) is 3.59. The number of halogens is 1. The van der Waals surface area contributed by atoms with Gasteiger partial charge in [0.1, 0.15) is 0 Å². The van der Waals surface area contributed by atoms with Crippen LogP contribution < -0.4 is 5.32 Å². The van der Waals surface area contributed by atoms with Crippen molar-refractivity contribution >= 4 is 46.7 Å². The summed E-state index contributed by atoms with van der Waals surface area (Å²) in [6, 6.07) is 3.84. The Hall–Kier alpha value is -0.320. The van der Waals surface area contributed by atoms with Crippen molar-refractivity contribution in [2.45, 2.75) is 11.0 Å². The van der Waals surface area contributed by atoms with E-state index in [2.05, 4.69) is 5.32 Å². The molecule has 0 unspecified atom stereocenters. The predicted molar refractivity (Wildman–Crippen MR) is 71.4 cm³/mol. The molecule has 2 aliphatic rings. The van der Waals surface area contributed by atoms with Crippen molar-refractivity contribution in [1.82, 2.24) is 0 Å². The van der Waals surface area contributed by atoms with Crippen LogP contribution in [0.15, 0.2) is 12.1 Å². The average molecular weight is 272 g/mol. The lowest BCUT2D eigenvalue weighted by Crippen LogP contribution is -2.25. The lowest BCUT2D eigenvalue weighted by molar-refractivity contribution is -0.116. The van der Waals surface area contributed by atoms with Crippen LogP contribution in [0.2, 0.25) is 5.02 Å². The number of fused-ring (bicyclic) bond motifs is 2. The minimum Gasteiger partial charge on any atom is -0.323 e. The molecule has 84 valence electrons. The van der Waals surface area contributed by atoms with E-state index in [1.165, 1.54) is 0 Å². The van der Waals surface area contributed by atoms with Gasteiger partial charge in [0.15, 0.2) is 4.08 Å². The highest BCUT2D eigenvalue weighted by Gasteiger charge is 2.52. The number of hydrogen-bond donors (Lipinski definition) is 1. The van der Waals surface area contributed by atoms with Crippen molar-refractivity contribution in [2.75, 3.05) is 16.8 Å². The highest BCUT2D eigenvalue weighted by molar-refractivity contribution is 8.21. The number of aryl methyl sites for hydroxylation is 1. The number of hydrogen-bond acceptors (Lipinski definition) is 3. The number of amides is 1. The van der Waals surface area contributed by atoms with Crippen LogP contribution in [0.1, 0.15) is 11.1 Å². The van der Waals surface area contributed by atoms with Gasteiger partial charge >= 0.3 is 0 Å². The molecule has 3 rings (SSSR count). The van der Waals surface area contributed by atoms with E-state index in [0.717, 1.165) is 28.3 Å². The summed E-state index contributed by atoms with van der Waals surface area (Å²) >= 11 is 9.64. The number of carbonyl (C=O) groups excluding carboxylic acids is 1. The van der Waals surface area contributed by atoms with Gasteiger partial charge in [-0.3, -0.25) is 4.79 Å². The topological polar surface area (TPSA) is 29.1 Å². The standard InChI is InChI=1S/C11H10ClNOS2/c1-6-2-3-7(12)8-9(6)13-10(14)11(8)15-4-5-16-11/h2-3H,4-5H2,1H3,(H,13,14). The van der Waals surface area contributed by atoms with Crippen LogP contribution in [0.3, 0.4) is 0 Å². The molecule has 1 N–H and O–H groups in total. The highest BCUT2D eigenvalue weighted by atomic mass is 35.5. The molecular weight excluding hydrogens is 262 g/mol. The zero-order chi connectivity index (χ0) is 11.3. The Balaban J connectivity index is 2.27. The number of anilines is 1. The molecule has 0 saturated carbocycles. The third-order valence-corrected chi connectivity index (χ3v) is 6.61. The molecule has 2 nitrogen and oxygen atoms in total. The lowest BCUT2D eigenvalue weighted by atomic mass is 10.1. The second-order valence-electron chi connectivity index (χ2n) is 3.88. The monoisotopic (exact) mass is 271 g/mol. The molecule has 2 heterocycles. The summed E-state index contributed by atoms with van der Waals surface area (Å²) in [6.45, 7) is 2.00. The number of carbonyl (C=O) groups is 1. The number of rotatable bonds is 0. The van der Waals surface area contributed by atoms with Crippen molar-refractivity contribution < 1.29 is 4.79 Å². The van der Waals surface area contributed by atoms with Crippen molar-refractivity contribution in [3.8, 4) is 0 Å². The summed E-state index contributed by atoms with van der Waals surface area (Å²) < 4.78 is -0.488. The highest BCUT2D eigenvalue weighted by Crippen LogP contribution is 2.59. The average Bonchev–Trinajstić information content (AvgIpc) is 2.83. The minimum absolute atomic E-state index is 0.0752. The first-order chi connectivity index (χ1) is 7.65.